The minimum Gasteiger partial charge on any atom is -0.284 e. The maximum Gasteiger partial charge on any atom is 0.0694 e. The van der Waals surface area contributed by atoms with Crippen LogP contribution >= 0.6 is 36.2 Å². The van der Waals surface area contributed by atoms with Gasteiger partial charge in [-0.1, -0.05) is 6.07 Å². The van der Waals surface area contributed by atoms with Gasteiger partial charge in [0.05, 0.1) is 5.71 Å². The number of rotatable bonds is 2. The molecule has 0 saturated heterocycles. The Labute approximate surface area is 135 Å². The lowest BCUT2D eigenvalue weighted by atomic mass is 9.96. The van der Waals surface area contributed by atoms with Crippen molar-refractivity contribution < 1.29 is 0 Å². The third-order valence-corrected chi connectivity index (χ3v) is 3.79. The molecule has 106 valence electrons. The fourth-order valence-corrected chi connectivity index (χ4v) is 2.83. The van der Waals surface area contributed by atoms with Crippen LogP contribution in [0.3, 0.4) is 0 Å². The molecule has 0 aliphatic carbocycles. The highest BCUT2D eigenvalue weighted by molar-refractivity contribution is 7.10. The summed E-state index contributed by atoms with van der Waals surface area (Å²) in [6.45, 7) is 0.923. The average molecular weight is 327 g/mol. The van der Waals surface area contributed by atoms with Crippen molar-refractivity contribution in [1.29, 1.82) is 0 Å². The first-order valence-electron chi connectivity index (χ1n) is 6.13. The minimum absolute atomic E-state index is 0. The Morgan fingerprint density at radius 3 is 2.75 bits per heavy atom. The second-order valence-electron chi connectivity index (χ2n) is 4.26. The molecule has 1 aliphatic rings. The van der Waals surface area contributed by atoms with Crippen molar-refractivity contribution in [3.05, 3.63) is 58.1 Å². The van der Waals surface area contributed by atoms with E-state index in [0.717, 1.165) is 30.7 Å². The molecule has 0 atom stereocenters. The van der Waals surface area contributed by atoms with Gasteiger partial charge >= 0.3 is 0 Å². The fraction of sp³-hybridized carbons (Fsp3) is 0.200. The number of pyridine rings is 1. The van der Waals surface area contributed by atoms with Crippen molar-refractivity contribution >= 4 is 47.9 Å². The molecule has 2 aromatic rings. The quantitative estimate of drug-likeness (QED) is 0.788. The van der Waals surface area contributed by atoms with Gasteiger partial charge in [0, 0.05) is 29.4 Å². The molecular weight excluding hydrogens is 311 g/mol. The van der Waals surface area contributed by atoms with E-state index in [4.69, 9.17) is 0 Å². The SMILES string of the molecule is C(=C1/CCCN=C1c1cccnc1)/c1cccs1.Cl.Cl. The van der Waals surface area contributed by atoms with Crippen molar-refractivity contribution in [1.82, 2.24) is 4.98 Å². The van der Waals surface area contributed by atoms with Crippen LogP contribution in [0.1, 0.15) is 23.3 Å². The van der Waals surface area contributed by atoms with Crippen LogP contribution in [0.15, 0.2) is 52.6 Å². The summed E-state index contributed by atoms with van der Waals surface area (Å²) in [5.41, 5.74) is 3.57. The summed E-state index contributed by atoms with van der Waals surface area (Å²) in [6, 6.07) is 8.28. The summed E-state index contributed by atoms with van der Waals surface area (Å²) in [5, 5.41) is 2.11. The first-order chi connectivity index (χ1) is 8.93. The van der Waals surface area contributed by atoms with E-state index in [-0.39, 0.29) is 24.8 Å². The largest absolute Gasteiger partial charge is 0.284 e. The van der Waals surface area contributed by atoms with Crippen LogP contribution in [0, 0.1) is 0 Å². The molecule has 0 unspecified atom stereocenters. The van der Waals surface area contributed by atoms with Crippen LogP contribution < -0.4 is 0 Å². The molecule has 0 amide bonds. The second-order valence-corrected chi connectivity index (χ2v) is 5.24. The van der Waals surface area contributed by atoms with Crippen molar-refractivity contribution in [2.75, 3.05) is 6.54 Å². The molecule has 0 saturated carbocycles. The zero-order chi connectivity index (χ0) is 12.2. The monoisotopic (exact) mass is 326 g/mol. The van der Waals surface area contributed by atoms with Gasteiger partial charge in [-0.2, -0.15) is 0 Å². The van der Waals surface area contributed by atoms with E-state index in [0.29, 0.717) is 0 Å². The zero-order valence-electron chi connectivity index (χ0n) is 10.9. The average Bonchev–Trinajstić information content (AvgIpc) is 2.93. The molecule has 2 nitrogen and oxygen atoms in total. The third kappa shape index (κ3) is 3.92. The van der Waals surface area contributed by atoms with Gasteiger partial charge in [0.15, 0.2) is 0 Å². The van der Waals surface area contributed by atoms with Crippen LogP contribution in [0.4, 0.5) is 0 Å². The number of thiophene rings is 1. The summed E-state index contributed by atoms with van der Waals surface area (Å²) in [6.07, 6.45) is 8.20. The van der Waals surface area contributed by atoms with Crippen LogP contribution in [0.2, 0.25) is 0 Å². The van der Waals surface area contributed by atoms with Gasteiger partial charge in [-0.15, -0.1) is 36.2 Å². The lowest BCUT2D eigenvalue weighted by Crippen LogP contribution is -2.11. The molecule has 0 aromatic carbocycles. The van der Waals surface area contributed by atoms with E-state index in [9.17, 15) is 0 Å². The molecule has 20 heavy (non-hydrogen) atoms. The lowest BCUT2D eigenvalue weighted by Gasteiger charge is -2.15. The van der Waals surface area contributed by atoms with E-state index in [1.165, 1.54) is 10.5 Å². The maximum atomic E-state index is 4.67. The number of halogens is 2. The summed E-state index contributed by atoms with van der Waals surface area (Å²) in [7, 11) is 0. The van der Waals surface area contributed by atoms with E-state index in [1.54, 1.807) is 17.5 Å². The molecule has 1 aliphatic heterocycles. The normalized spacial score (nSPS) is 16.0. The highest BCUT2D eigenvalue weighted by Gasteiger charge is 2.14. The van der Waals surface area contributed by atoms with E-state index < -0.39 is 0 Å². The molecule has 3 heterocycles. The zero-order valence-corrected chi connectivity index (χ0v) is 13.3. The van der Waals surface area contributed by atoms with Crippen molar-refractivity contribution in [2.45, 2.75) is 12.8 Å². The molecule has 0 bridgehead atoms. The standard InChI is InChI=1S/C15H14N2S.2ClH/c1-5-13(11-16-7-1)15-12(4-2-8-17-15)10-14-6-3-9-18-14;;/h1,3,5-7,9-11H,2,4,8H2;2*1H/b12-10+;;. The van der Waals surface area contributed by atoms with E-state index in [1.807, 2.05) is 12.3 Å². The number of hydrogen-bond donors (Lipinski definition) is 0. The molecule has 3 rings (SSSR count). The highest BCUT2D eigenvalue weighted by Crippen LogP contribution is 2.23. The summed E-state index contributed by atoms with van der Waals surface area (Å²) in [5.74, 6) is 0. The highest BCUT2D eigenvalue weighted by atomic mass is 35.5. The first-order valence-corrected chi connectivity index (χ1v) is 7.01. The predicted octanol–water partition coefficient (Wildman–Crippen LogP) is 4.65. The first kappa shape index (κ1) is 16.9. The van der Waals surface area contributed by atoms with Gasteiger partial charge in [-0.05, 0) is 48.1 Å². The molecular formula is C15H16Cl2N2S. The molecule has 0 spiro atoms. The third-order valence-electron chi connectivity index (χ3n) is 2.97. The molecule has 0 fully saturated rings. The fourth-order valence-electron chi connectivity index (χ4n) is 2.15. The van der Waals surface area contributed by atoms with Crippen LogP contribution in [-0.4, -0.2) is 17.2 Å². The van der Waals surface area contributed by atoms with Crippen molar-refractivity contribution in [3.63, 3.8) is 0 Å². The maximum absolute atomic E-state index is 4.67. The number of nitrogens with zero attached hydrogens (tertiary/aromatic N) is 2. The summed E-state index contributed by atoms with van der Waals surface area (Å²) >= 11 is 1.77. The van der Waals surface area contributed by atoms with Gasteiger partial charge in [0.1, 0.15) is 0 Å². The number of hydrogen-bond acceptors (Lipinski definition) is 3. The Balaban J connectivity index is 0.000001000. The number of aromatic nitrogens is 1. The summed E-state index contributed by atoms with van der Waals surface area (Å²) < 4.78 is 0. The lowest BCUT2D eigenvalue weighted by molar-refractivity contribution is 0.818. The Bertz CT molecular complexity index is 577. The van der Waals surface area contributed by atoms with Crippen LogP contribution in [0.5, 0.6) is 0 Å². The number of aliphatic imine (C=N–C) groups is 1. The number of allylic oxidation sites excluding steroid dienone is 1. The Morgan fingerprint density at radius 1 is 1.15 bits per heavy atom. The van der Waals surface area contributed by atoms with E-state index in [2.05, 4.69) is 39.6 Å². The topological polar surface area (TPSA) is 25.2 Å². The molecule has 0 N–H and O–H groups in total. The predicted molar refractivity (Wildman–Crippen MR) is 91.7 cm³/mol. The Kier molecular flexibility index (Phi) is 6.93. The summed E-state index contributed by atoms with van der Waals surface area (Å²) in [4.78, 5) is 10.2. The Morgan fingerprint density at radius 2 is 2.05 bits per heavy atom. The van der Waals surface area contributed by atoms with Gasteiger partial charge in [-0.25, -0.2) is 0 Å². The smallest absolute Gasteiger partial charge is 0.0694 e. The van der Waals surface area contributed by atoms with Gasteiger partial charge in [0.2, 0.25) is 0 Å². The van der Waals surface area contributed by atoms with E-state index >= 15 is 0 Å². The molecule has 5 heteroatoms. The Hall–Kier alpha value is -1.16. The van der Waals surface area contributed by atoms with Crippen molar-refractivity contribution in [3.8, 4) is 0 Å². The minimum atomic E-state index is 0. The van der Waals surface area contributed by atoms with Crippen LogP contribution in [0.25, 0.3) is 6.08 Å². The second kappa shape index (κ2) is 8.20. The van der Waals surface area contributed by atoms with Crippen LogP contribution in [-0.2, 0) is 0 Å². The van der Waals surface area contributed by atoms with Gasteiger partial charge in [-0.3, -0.25) is 9.98 Å². The van der Waals surface area contributed by atoms with Gasteiger partial charge < -0.3 is 0 Å². The van der Waals surface area contributed by atoms with Crippen molar-refractivity contribution in [2.24, 2.45) is 4.99 Å². The van der Waals surface area contributed by atoms with Gasteiger partial charge in [0.25, 0.3) is 0 Å². The molecule has 2 aromatic heterocycles. The molecule has 0 radical (unpaired) electrons.